The summed E-state index contributed by atoms with van der Waals surface area (Å²) in [5.41, 5.74) is 3.08. The fourth-order valence-electron chi connectivity index (χ4n) is 4.20. The molecule has 5 rings (SSSR count). The summed E-state index contributed by atoms with van der Waals surface area (Å²) in [6.07, 6.45) is 7.77. The van der Waals surface area contributed by atoms with Crippen LogP contribution in [0.1, 0.15) is 33.2 Å². The summed E-state index contributed by atoms with van der Waals surface area (Å²) in [6.45, 7) is 4.00. The van der Waals surface area contributed by atoms with Crippen LogP contribution in [0.15, 0.2) is 43.0 Å². The predicted octanol–water partition coefficient (Wildman–Crippen LogP) is 1.59. The van der Waals surface area contributed by atoms with Gasteiger partial charge in [0.1, 0.15) is 11.5 Å². The van der Waals surface area contributed by atoms with Gasteiger partial charge in [-0.1, -0.05) is 6.92 Å². The summed E-state index contributed by atoms with van der Waals surface area (Å²) in [7, 11) is 0. The van der Waals surface area contributed by atoms with E-state index in [1.807, 2.05) is 21.6 Å². The number of likely N-dealkylation sites (tertiary alicyclic amines) is 1. The topological polar surface area (TPSA) is 91.6 Å². The van der Waals surface area contributed by atoms with Crippen molar-refractivity contribution in [1.82, 2.24) is 24.6 Å². The van der Waals surface area contributed by atoms with Crippen molar-refractivity contribution in [2.75, 3.05) is 25.0 Å². The normalized spacial score (nSPS) is 20.5. The van der Waals surface area contributed by atoms with Crippen molar-refractivity contribution in [3.05, 3.63) is 59.7 Å². The summed E-state index contributed by atoms with van der Waals surface area (Å²) in [6, 6.07) is 5.30. The van der Waals surface area contributed by atoms with Gasteiger partial charge in [-0.2, -0.15) is 0 Å². The van der Waals surface area contributed by atoms with Crippen LogP contribution >= 0.6 is 0 Å². The second-order valence-corrected chi connectivity index (χ2v) is 7.74. The lowest BCUT2D eigenvalue weighted by molar-refractivity contribution is 0.0780. The fourth-order valence-corrected chi connectivity index (χ4v) is 4.20. The highest BCUT2D eigenvalue weighted by molar-refractivity contribution is 5.98. The van der Waals surface area contributed by atoms with Crippen LogP contribution in [0.25, 0.3) is 5.65 Å². The molecule has 0 radical (unpaired) electrons. The Labute approximate surface area is 168 Å². The Kier molecular flexibility index (Phi) is 4.19. The zero-order valence-electron chi connectivity index (χ0n) is 16.1. The Morgan fingerprint density at radius 1 is 1.17 bits per heavy atom. The highest BCUT2D eigenvalue weighted by atomic mass is 16.2. The third-order valence-corrected chi connectivity index (χ3v) is 5.82. The maximum absolute atomic E-state index is 13.1. The number of carbonyl (C=O) groups excluding carboxylic acids is 2. The van der Waals surface area contributed by atoms with Gasteiger partial charge < -0.3 is 19.9 Å². The number of hydrogen-bond acceptors (Lipinski definition) is 5. The number of carbonyl (C=O) groups is 2. The van der Waals surface area contributed by atoms with E-state index in [1.54, 1.807) is 30.7 Å². The number of nitrogens with one attached hydrogen (secondary N) is 2. The van der Waals surface area contributed by atoms with Gasteiger partial charge in [0.25, 0.3) is 11.8 Å². The molecule has 5 heterocycles. The summed E-state index contributed by atoms with van der Waals surface area (Å²) in [4.78, 5) is 36.2. The van der Waals surface area contributed by atoms with Crippen LogP contribution in [0.5, 0.6) is 0 Å². The molecule has 0 aliphatic carbocycles. The molecular weight excluding hydrogens is 368 g/mol. The number of aromatic nitrogens is 3. The smallest absolute Gasteiger partial charge is 0.254 e. The lowest BCUT2D eigenvalue weighted by Crippen LogP contribution is -2.40. The van der Waals surface area contributed by atoms with Gasteiger partial charge in [0.05, 0.1) is 11.6 Å². The second kappa shape index (κ2) is 6.88. The zero-order valence-corrected chi connectivity index (χ0v) is 16.1. The molecule has 0 saturated carbocycles. The third kappa shape index (κ3) is 3.10. The summed E-state index contributed by atoms with van der Waals surface area (Å²) >= 11 is 0. The van der Waals surface area contributed by atoms with Crippen LogP contribution in [0.4, 0.5) is 5.82 Å². The molecule has 1 saturated heterocycles. The number of pyridine rings is 2. The molecule has 2 aliphatic rings. The molecule has 2 aliphatic heterocycles. The van der Waals surface area contributed by atoms with E-state index in [1.165, 1.54) is 0 Å². The number of nitrogens with zero attached hydrogens (tertiary/aromatic N) is 4. The van der Waals surface area contributed by atoms with Gasteiger partial charge >= 0.3 is 0 Å². The van der Waals surface area contributed by atoms with E-state index in [-0.39, 0.29) is 23.8 Å². The van der Waals surface area contributed by atoms with Crippen LogP contribution < -0.4 is 10.6 Å². The molecule has 0 aromatic carbocycles. The second-order valence-electron chi connectivity index (χ2n) is 7.74. The molecule has 0 spiro atoms. The maximum atomic E-state index is 13.1. The van der Waals surface area contributed by atoms with Gasteiger partial charge in [-0.25, -0.2) is 9.97 Å². The quantitative estimate of drug-likeness (QED) is 0.709. The zero-order chi connectivity index (χ0) is 20.0. The van der Waals surface area contributed by atoms with E-state index in [0.717, 1.165) is 30.0 Å². The van der Waals surface area contributed by atoms with Crippen molar-refractivity contribution in [1.29, 1.82) is 0 Å². The largest absolute Gasteiger partial charge is 0.369 e. The van der Waals surface area contributed by atoms with E-state index in [2.05, 4.69) is 27.5 Å². The van der Waals surface area contributed by atoms with Crippen LogP contribution in [-0.2, 0) is 6.42 Å². The summed E-state index contributed by atoms with van der Waals surface area (Å²) in [5, 5.41) is 6.31. The molecule has 2 atom stereocenters. The van der Waals surface area contributed by atoms with E-state index in [4.69, 9.17) is 0 Å². The Hall–Kier alpha value is -3.42. The van der Waals surface area contributed by atoms with E-state index >= 15 is 0 Å². The standard InChI is InChI=1S/C21H22N6O2/c1-13-10-27(21(29)16-5-7-24-19-15(16)4-6-23-19)12-17(13)25-20(28)14-2-3-18-22-8-9-26(18)11-14/h2-3,5,7-9,11,13,17H,4,6,10,12H2,1H3,(H,23,24)(H,25,28)/t13-,17+/m1/s1. The van der Waals surface area contributed by atoms with E-state index in [0.29, 0.717) is 24.2 Å². The molecule has 2 amide bonds. The van der Waals surface area contributed by atoms with Crippen molar-refractivity contribution >= 4 is 23.3 Å². The lowest BCUT2D eigenvalue weighted by Gasteiger charge is -2.18. The minimum atomic E-state index is -0.138. The third-order valence-electron chi connectivity index (χ3n) is 5.82. The number of anilines is 1. The van der Waals surface area contributed by atoms with Crippen molar-refractivity contribution in [2.45, 2.75) is 19.4 Å². The number of rotatable bonds is 3. The SMILES string of the molecule is C[C@@H]1CN(C(=O)c2ccnc3c2CCN3)C[C@@H]1NC(=O)c1ccc2nccn2c1. The van der Waals surface area contributed by atoms with Crippen molar-refractivity contribution in [3.63, 3.8) is 0 Å². The monoisotopic (exact) mass is 390 g/mol. The Balaban J connectivity index is 1.30. The molecule has 0 unspecified atom stereocenters. The minimum absolute atomic E-state index is 0.00999. The van der Waals surface area contributed by atoms with Crippen LogP contribution in [0.3, 0.4) is 0 Å². The van der Waals surface area contributed by atoms with E-state index in [9.17, 15) is 9.59 Å². The molecule has 1 fully saturated rings. The van der Waals surface area contributed by atoms with Crippen LogP contribution in [0, 0.1) is 5.92 Å². The first kappa shape index (κ1) is 17.7. The van der Waals surface area contributed by atoms with Crippen molar-refractivity contribution < 1.29 is 9.59 Å². The molecule has 8 heteroatoms. The highest BCUT2D eigenvalue weighted by Crippen LogP contribution is 2.26. The highest BCUT2D eigenvalue weighted by Gasteiger charge is 2.35. The molecule has 3 aromatic heterocycles. The molecule has 148 valence electrons. The van der Waals surface area contributed by atoms with Crippen molar-refractivity contribution in [2.24, 2.45) is 5.92 Å². The van der Waals surface area contributed by atoms with Gasteiger partial charge in [0, 0.05) is 55.5 Å². The molecule has 2 N–H and O–H groups in total. The first-order chi connectivity index (χ1) is 14.1. The first-order valence-electron chi connectivity index (χ1n) is 9.85. The average Bonchev–Trinajstić information content (AvgIpc) is 3.46. The fraction of sp³-hybridized carbons (Fsp3) is 0.333. The summed E-state index contributed by atoms with van der Waals surface area (Å²) < 4.78 is 1.82. The Morgan fingerprint density at radius 3 is 2.97 bits per heavy atom. The van der Waals surface area contributed by atoms with Gasteiger partial charge in [-0.3, -0.25) is 9.59 Å². The van der Waals surface area contributed by atoms with Crippen LogP contribution in [-0.4, -0.2) is 56.8 Å². The minimum Gasteiger partial charge on any atom is -0.369 e. The molecule has 3 aromatic rings. The number of amides is 2. The van der Waals surface area contributed by atoms with Crippen molar-refractivity contribution in [3.8, 4) is 0 Å². The number of hydrogen-bond donors (Lipinski definition) is 2. The Morgan fingerprint density at radius 2 is 2.07 bits per heavy atom. The maximum Gasteiger partial charge on any atom is 0.254 e. The number of imidazole rings is 1. The molecular formula is C21H22N6O2. The lowest BCUT2D eigenvalue weighted by atomic mass is 10.1. The van der Waals surface area contributed by atoms with Crippen LogP contribution in [0.2, 0.25) is 0 Å². The van der Waals surface area contributed by atoms with Gasteiger partial charge in [0.2, 0.25) is 0 Å². The van der Waals surface area contributed by atoms with Gasteiger partial charge in [-0.15, -0.1) is 0 Å². The number of fused-ring (bicyclic) bond motifs is 2. The predicted molar refractivity (Wildman–Crippen MR) is 108 cm³/mol. The Bertz CT molecular complexity index is 1110. The average molecular weight is 390 g/mol. The molecule has 29 heavy (non-hydrogen) atoms. The van der Waals surface area contributed by atoms with Gasteiger partial charge in [0.15, 0.2) is 0 Å². The first-order valence-corrected chi connectivity index (χ1v) is 9.85. The van der Waals surface area contributed by atoms with E-state index < -0.39 is 0 Å². The van der Waals surface area contributed by atoms with Gasteiger partial charge in [-0.05, 0) is 30.5 Å². The summed E-state index contributed by atoms with van der Waals surface area (Å²) in [5.74, 6) is 0.854. The molecule has 8 nitrogen and oxygen atoms in total. The molecule has 0 bridgehead atoms.